The van der Waals surface area contributed by atoms with Crippen molar-refractivity contribution in [1.29, 1.82) is 0 Å². The van der Waals surface area contributed by atoms with Crippen LogP contribution in [0.15, 0.2) is 24.3 Å². The number of carboxylic acids is 1. The number of halogens is 1. The van der Waals surface area contributed by atoms with E-state index in [1.54, 1.807) is 33.8 Å². The topological polar surface area (TPSA) is 75.6 Å². The van der Waals surface area contributed by atoms with Crippen LogP contribution in [0.1, 0.15) is 39.7 Å². The lowest BCUT2D eigenvalue weighted by Gasteiger charge is -2.29. The molecule has 0 aliphatic carbocycles. The molecule has 1 amide bonds. The molecule has 5 nitrogen and oxygen atoms in total. The highest BCUT2D eigenvalue weighted by molar-refractivity contribution is 5.77. The minimum Gasteiger partial charge on any atom is -0.481 e. The van der Waals surface area contributed by atoms with Crippen molar-refractivity contribution in [1.82, 2.24) is 5.32 Å². The number of ether oxygens (including phenoxy) is 1. The van der Waals surface area contributed by atoms with Crippen molar-refractivity contribution in [3.05, 3.63) is 35.6 Å². The second-order valence-corrected chi connectivity index (χ2v) is 6.60. The molecular weight excluding hydrogens is 301 g/mol. The molecule has 1 rings (SSSR count). The van der Waals surface area contributed by atoms with Gasteiger partial charge in [-0.1, -0.05) is 19.1 Å². The minimum atomic E-state index is -1.22. The zero-order valence-corrected chi connectivity index (χ0v) is 14.0. The van der Waals surface area contributed by atoms with Gasteiger partial charge in [-0.2, -0.15) is 0 Å². The zero-order valence-electron chi connectivity index (χ0n) is 14.0. The van der Waals surface area contributed by atoms with E-state index in [2.05, 4.69) is 5.32 Å². The summed E-state index contributed by atoms with van der Waals surface area (Å²) in [7, 11) is 0. The predicted molar refractivity (Wildman–Crippen MR) is 84.7 cm³/mol. The zero-order chi connectivity index (χ0) is 17.7. The summed E-state index contributed by atoms with van der Waals surface area (Å²) < 4.78 is 18.4. The van der Waals surface area contributed by atoms with Crippen molar-refractivity contribution in [3.63, 3.8) is 0 Å². The maximum absolute atomic E-state index is 13.3. The summed E-state index contributed by atoms with van der Waals surface area (Å²) in [5.41, 5.74) is -1.31. The Hall–Kier alpha value is -2.11. The molecule has 1 atom stereocenters. The van der Waals surface area contributed by atoms with Gasteiger partial charge < -0.3 is 15.2 Å². The number of hydrogen-bond acceptors (Lipinski definition) is 3. The number of rotatable bonds is 6. The summed E-state index contributed by atoms with van der Waals surface area (Å²) in [6.45, 7) is 6.81. The molecule has 0 bridgehead atoms. The van der Waals surface area contributed by atoms with Crippen molar-refractivity contribution in [2.75, 3.05) is 6.54 Å². The third-order valence-electron chi connectivity index (χ3n) is 3.53. The number of alkyl carbamates (subject to hydrolysis) is 1. The molecule has 0 fully saturated rings. The Morgan fingerprint density at radius 2 is 1.96 bits per heavy atom. The monoisotopic (exact) mass is 325 g/mol. The lowest BCUT2D eigenvalue weighted by atomic mass is 9.79. The van der Waals surface area contributed by atoms with Crippen LogP contribution in [0.5, 0.6) is 0 Å². The summed E-state index contributed by atoms with van der Waals surface area (Å²) in [5, 5.41) is 12.1. The fourth-order valence-corrected chi connectivity index (χ4v) is 2.21. The van der Waals surface area contributed by atoms with Crippen molar-refractivity contribution in [2.24, 2.45) is 5.41 Å². The third kappa shape index (κ3) is 5.88. The first-order chi connectivity index (χ1) is 10.6. The van der Waals surface area contributed by atoms with E-state index in [0.717, 1.165) is 0 Å². The average Bonchev–Trinajstić information content (AvgIpc) is 2.41. The van der Waals surface area contributed by atoms with Crippen LogP contribution >= 0.6 is 0 Å². The standard InChI is InChI=1S/C17H24FNO4/c1-5-17(14(20)21,10-12-7-6-8-13(18)9-12)11-19-15(22)23-16(2,3)4/h6-9H,5,10-11H2,1-4H3,(H,19,22)(H,20,21). The smallest absolute Gasteiger partial charge is 0.407 e. The Bertz CT molecular complexity index is 568. The largest absolute Gasteiger partial charge is 0.481 e. The lowest BCUT2D eigenvalue weighted by molar-refractivity contribution is -0.148. The molecule has 0 aliphatic heterocycles. The number of nitrogens with one attached hydrogen (secondary N) is 1. The SMILES string of the molecule is CCC(CNC(=O)OC(C)(C)C)(Cc1cccc(F)c1)C(=O)O. The van der Waals surface area contributed by atoms with Crippen molar-refractivity contribution in [2.45, 2.75) is 46.1 Å². The highest BCUT2D eigenvalue weighted by atomic mass is 19.1. The van der Waals surface area contributed by atoms with Gasteiger partial charge in [-0.25, -0.2) is 9.18 Å². The molecule has 0 saturated carbocycles. The number of aliphatic carboxylic acids is 1. The Kier molecular flexibility index (Phi) is 6.12. The quantitative estimate of drug-likeness (QED) is 0.841. The fourth-order valence-electron chi connectivity index (χ4n) is 2.21. The molecule has 0 heterocycles. The van der Waals surface area contributed by atoms with Crippen molar-refractivity contribution < 1.29 is 23.8 Å². The number of carboxylic acid groups (broad SMARTS) is 1. The number of amides is 1. The minimum absolute atomic E-state index is 0.0930. The summed E-state index contributed by atoms with van der Waals surface area (Å²) in [6, 6.07) is 5.82. The van der Waals surface area contributed by atoms with Gasteiger partial charge in [-0.05, 0) is 51.3 Å². The molecule has 0 radical (unpaired) electrons. The van der Waals surface area contributed by atoms with Crippen LogP contribution in [0.3, 0.4) is 0 Å². The molecule has 1 aromatic carbocycles. The van der Waals surface area contributed by atoms with E-state index < -0.39 is 28.9 Å². The van der Waals surface area contributed by atoms with Gasteiger partial charge in [0, 0.05) is 6.54 Å². The van der Waals surface area contributed by atoms with Crippen LogP contribution < -0.4 is 5.32 Å². The number of hydrogen-bond donors (Lipinski definition) is 2. The maximum Gasteiger partial charge on any atom is 0.407 e. The molecule has 2 N–H and O–H groups in total. The predicted octanol–water partition coefficient (Wildman–Crippen LogP) is 3.37. The van der Waals surface area contributed by atoms with Crippen LogP contribution in [-0.2, 0) is 16.0 Å². The number of carbonyl (C=O) groups excluding carboxylic acids is 1. The lowest BCUT2D eigenvalue weighted by Crippen LogP contribution is -2.45. The van der Waals surface area contributed by atoms with E-state index in [0.29, 0.717) is 5.56 Å². The van der Waals surface area contributed by atoms with Crippen LogP contribution in [0.25, 0.3) is 0 Å². The number of benzene rings is 1. The van der Waals surface area contributed by atoms with Crippen molar-refractivity contribution in [3.8, 4) is 0 Å². The molecule has 0 aliphatic rings. The Balaban J connectivity index is 2.86. The summed E-state index contributed by atoms with van der Waals surface area (Å²) >= 11 is 0. The van der Waals surface area contributed by atoms with Gasteiger partial charge in [0.2, 0.25) is 0 Å². The van der Waals surface area contributed by atoms with Gasteiger partial charge in [0.05, 0.1) is 5.41 Å². The molecule has 128 valence electrons. The van der Waals surface area contributed by atoms with Gasteiger partial charge in [0.15, 0.2) is 0 Å². The van der Waals surface area contributed by atoms with Gasteiger partial charge >= 0.3 is 12.1 Å². The second-order valence-electron chi connectivity index (χ2n) is 6.60. The van der Waals surface area contributed by atoms with E-state index in [9.17, 15) is 19.1 Å². The van der Waals surface area contributed by atoms with Gasteiger partial charge in [-0.15, -0.1) is 0 Å². The Morgan fingerprint density at radius 3 is 2.43 bits per heavy atom. The van der Waals surface area contributed by atoms with Crippen molar-refractivity contribution >= 4 is 12.1 Å². The summed E-state index contributed by atoms with van der Waals surface area (Å²) in [5.74, 6) is -1.46. The Labute approximate surface area is 135 Å². The summed E-state index contributed by atoms with van der Waals surface area (Å²) in [4.78, 5) is 23.5. The van der Waals surface area contributed by atoms with E-state index in [1.165, 1.54) is 18.2 Å². The van der Waals surface area contributed by atoms with Crippen LogP contribution in [0.2, 0.25) is 0 Å². The Morgan fingerprint density at radius 1 is 1.30 bits per heavy atom. The second kappa shape index (κ2) is 7.44. The van der Waals surface area contributed by atoms with Crippen LogP contribution in [-0.4, -0.2) is 29.3 Å². The number of carbonyl (C=O) groups is 2. The first-order valence-corrected chi connectivity index (χ1v) is 7.53. The highest BCUT2D eigenvalue weighted by Gasteiger charge is 2.37. The molecule has 23 heavy (non-hydrogen) atoms. The van der Waals surface area contributed by atoms with Gasteiger partial charge in [0.25, 0.3) is 0 Å². The van der Waals surface area contributed by atoms with E-state index in [4.69, 9.17) is 4.74 Å². The van der Waals surface area contributed by atoms with E-state index >= 15 is 0 Å². The van der Waals surface area contributed by atoms with Crippen LogP contribution in [0, 0.1) is 11.2 Å². The first kappa shape index (κ1) is 18.9. The molecule has 0 spiro atoms. The molecule has 1 aromatic rings. The third-order valence-corrected chi connectivity index (χ3v) is 3.53. The highest BCUT2D eigenvalue weighted by Crippen LogP contribution is 2.27. The molecular formula is C17H24FNO4. The molecule has 1 unspecified atom stereocenters. The molecule has 6 heteroatoms. The summed E-state index contributed by atoms with van der Waals surface area (Å²) in [6.07, 6.45) is -0.267. The fraction of sp³-hybridized carbons (Fsp3) is 0.529. The van der Waals surface area contributed by atoms with E-state index in [-0.39, 0.29) is 19.4 Å². The maximum atomic E-state index is 13.3. The van der Waals surface area contributed by atoms with Gasteiger partial charge in [-0.3, -0.25) is 4.79 Å². The molecule has 0 saturated heterocycles. The van der Waals surface area contributed by atoms with E-state index in [1.807, 2.05) is 0 Å². The normalized spacial score (nSPS) is 14.0. The molecule has 0 aromatic heterocycles. The van der Waals surface area contributed by atoms with Crippen LogP contribution in [0.4, 0.5) is 9.18 Å². The first-order valence-electron chi connectivity index (χ1n) is 7.53. The average molecular weight is 325 g/mol. The van der Waals surface area contributed by atoms with Gasteiger partial charge in [0.1, 0.15) is 11.4 Å².